The molecule has 1 aromatic carbocycles. The van der Waals surface area contributed by atoms with E-state index in [1.807, 2.05) is 0 Å². The molecule has 0 unspecified atom stereocenters. The van der Waals surface area contributed by atoms with Crippen molar-refractivity contribution in [2.24, 2.45) is 10.7 Å². The zero-order valence-corrected chi connectivity index (χ0v) is 10.8. The van der Waals surface area contributed by atoms with Gasteiger partial charge in [-0.25, -0.2) is 8.78 Å². The lowest BCUT2D eigenvalue weighted by molar-refractivity contribution is -0.385. The van der Waals surface area contributed by atoms with Crippen molar-refractivity contribution in [1.29, 1.82) is 0 Å². The summed E-state index contributed by atoms with van der Waals surface area (Å²) < 4.78 is 27.0. The molecule has 0 aromatic heterocycles. The molecule has 1 aliphatic rings. The largest absolute Gasteiger partial charge is 0.379 e. The molecule has 0 amide bonds. The Bertz CT molecular complexity index is 565. The van der Waals surface area contributed by atoms with Crippen LogP contribution in [0.4, 0.5) is 14.5 Å². The van der Waals surface area contributed by atoms with Crippen LogP contribution < -0.4 is 5.73 Å². The number of hydrogen-bond acceptors (Lipinski definition) is 4. The summed E-state index contributed by atoms with van der Waals surface area (Å²) in [4.78, 5) is 13.7. The number of nitro groups is 1. The fourth-order valence-electron chi connectivity index (χ4n) is 1.81. The van der Waals surface area contributed by atoms with Crippen molar-refractivity contribution in [3.05, 3.63) is 39.4 Å². The van der Waals surface area contributed by atoms with E-state index in [-0.39, 0.29) is 16.7 Å². The second-order valence-corrected chi connectivity index (χ2v) is 5.41. The Morgan fingerprint density at radius 2 is 2.26 bits per heavy atom. The van der Waals surface area contributed by atoms with Crippen molar-refractivity contribution >= 4 is 22.6 Å². The molecule has 5 nitrogen and oxygen atoms in total. The van der Waals surface area contributed by atoms with E-state index in [1.54, 1.807) is 0 Å². The van der Waals surface area contributed by atoms with E-state index in [4.69, 9.17) is 5.73 Å². The Kier molecular flexibility index (Phi) is 3.70. The molecular formula is C11H11F2N3O2S. The smallest absolute Gasteiger partial charge is 0.272 e. The molecule has 19 heavy (non-hydrogen) atoms. The molecule has 2 atom stereocenters. The minimum Gasteiger partial charge on any atom is -0.379 e. The maximum Gasteiger partial charge on any atom is 0.272 e. The van der Waals surface area contributed by atoms with Crippen LogP contribution in [0.3, 0.4) is 0 Å². The zero-order valence-electron chi connectivity index (χ0n) is 9.97. The Morgan fingerprint density at radius 3 is 2.84 bits per heavy atom. The van der Waals surface area contributed by atoms with Crippen molar-refractivity contribution in [3.8, 4) is 0 Å². The minimum atomic E-state index is -1.20. The van der Waals surface area contributed by atoms with E-state index >= 15 is 0 Å². The summed E-state index contributed by atoms with van der Waals surface area (Å²) in [5.74, 6) is -2.48. The number of thioether (sulfide) groups is 1. The Hall–Kier alpha value is -1.70. The molecule has 102 valence electrons. The Balaban J connectivity index is 2.24. The third kappa shape index (κ3) is 2.83. The van der Waals surface area contributed by atoms with E-state index in [0.29, 0.717) is 17.7 Å². The molecule has 1 aromatic rings. The number of nitrogens with two attached hydrogens (primary N) is 1. The van der Waals surface area contributed by atoms with Gasteiger partial charge in [0, 0.05) is 29.8 Å². The van der Waals surface area contributed by atoms with Crippen LogP contribution in [0.2, 0.25) is 0 Å². The second kappa shape index (κ2) is 5.12. The van der Waals surface area contributed by atoms with Crippen LogP contribution >= 0.6 is 11.8 Å². The predicted molar refractivity (Wildman–Crippen MR) is 69.3 cm³/mol. The molecule has 0 aliphatic heterocycles. The fourth-order valence-corrected chi connectivity index (χ4v) is 2.84. The van der Waals surface area contributed by atoms with E-state index in [0.717, 1.165) is 6.07 Å². The predicted octanol–water partition coefficient (Wildman–Crippen LogP) is 2.41. The van der Waals surface area contributed by atoms with Crippen LogP contribution in [-0.4, -0.2) is 22.4 Å². The van der Waals surface area contributed by atoms with Crippen LogP contribution in [0.15, 0.2) is 17.1 Å². The average molecular weight is 287 g/mol. The highest BCUT2D eigenvalue weighted by molar-refractivity contribution is 8.14. The van der Waals surface area contributed by atoms with E-state index in [2.05, 4.69) is 4.99 Å². The van der Waals surface area contributed by atoms with Gasteiger partial charge in [0.15, 0.2) is 16.8 Å². The highest BCUT2D eigenvalue weighted by atomic mass is 32.2. The number of rotatable bonds is 3. The first-order chi connectivity index (χ1) is 8.93. The van der Waals surface area contributed by atoms with Gasteiger partial charge in [0.2, 0.25) is 0 Å². The number of non-ortho nitro benzene ring substituents is 1. The van der Waals surface area contributed by atoms with Gasteiger partial charge in [-0.2, -0.15) is 0 Å². The molecule has 1 saturated carbocycles. The van der Waals surface area contributed by atoms with Crippen molar-refractivity contribution in [2.75, 3.05) is 7.05 Å². The van der Waals surface area contributed by atoms with E-state index in [9.17, 15) is 18.9 Å². The molecule has 2 N–H and O–H groups in total. The molecule has 0 spiro atoms. The van der Waals surface area contributed by atoms with Crippen LogP contribution in [0.5, 0.6) is 0 Å². The standard InChI is InChI=1S/C11H11F2N3O2S/c1-15-11(14)19-9-4-6(9)7-2-5(16(17)18)3-8(12)10(7)13/h2-3,6,9H,4H2,1H3,(H2,14,15)/t6-,9-/m0/s1. The van der Waals surface area contributed by atoms with Crippen molar-refractivity contribution in [1.82, 2.24) is 0 Å². The first kappa shape index (κ1) is 13.7. The van der Waals surface area contributed by atoms with Crippen LogP contribution in [-0.2, 0) is 0 Å². The highest BCUT2D eigenvalue weighted by Gasteiger charge is 2.42. The normalized spacial score (nSPS) is 22.4. The number of benzene rings is 1. The maximum atomic E-state index is 13.7. The van der Waals surface area contributed by atoms with Gasteiger partial charge in [0.1, 0.15) is 0 Å². The molecule has 1 fully saturated rings. The van der Waals surface area contributed by atoms with E-state index < -0.39 is 22.2 Å². The summed E-state index contributed by atoms with van der Waals surface area (Å²) in [7, 11) is 1.54. The third-order valence-electron chi connectivity index (χ3n) is 2.88. The van der Waals surface area contributed by atoms with Gasteiger partial charge >= 0.3 is 0 Å². The number of nitro benzene ring substituents is 1. The van der Waals surface area contributed by atoms with Gasteiger partial charge in [-0.3, -0.25) is 15.1 Å². The number of amidine groups is 1. The van der Waals surface area contributed by atoms with Crippen molar-refractivity contribution < 1.29 is 13.7 Å². The fraction of sp³-hybridized carbons (Fsp3) is 0.364. The maximum absolute atomic E-state index is 13.7. The number of aliphatic imine (C=N–C) groups is 1. The summed E-state index contributed by atoms with van der Waals surface area (Å²) in [5.41, 5.74) is 5.13. The zero-order chi connectivity index (χ0) is 14.2. The summed E-state index contributed by atoms with van der Waals surface area (Å²) in [6, 6.07) is 1.67. The SMILES string of the molecule is CN=C(N)S[C@H]1C[C@H]1c1cc([N+](=O)[O-])cc(F)c1F. The monoisotopic (exact) mass is 287 g/mol. The van der Waals surface area contributed by atoms with Gasteiger partial charge in [0.25, 0.3) is 5.69 Å². The lowest BCUT2D eigenvalue weighted by atomic mass is 10.1. The summed E-state index contributed by atoms with van der Waals surface area (Å²) in [5, 5.41) is 11.0. The van der Waals surface area contributed by atoms with Gasteiger partial charge in [-0.1, -0.05) is 11.8 Å². The molecule has 1 aliphatic carbocycles. The van der Waals surface area contributed by atoms with Crippen molar-refractivity contribution in [3.63, 3.8) is 0 Å². The lowest BCUT2D eigenvalue weighted by Gasteiger charge is -2.04. The average Bonchev–Trinajstić information content (AvgIpc) is 3.11. The molecule has 0 heterocycles. The second-order valence-electron chi connectivity index (χ2n) is 4.15. The van der Waals surface area contributed by atoms with Crippen LogP contribution in [0.25, 0.3) is 0 Å². The summed E-state index contributed by atoms with van der Waals surface area (Å²) >= 11 is 1.27. The molecule has 0 radical (unpaired) electrons. The first-order valence-corrected chi connectivity index (χ1v) is 6.34. The summed E-state index contributed by atoms with van der Waals surface area (Å²) in [6.45, 7) is 0. The number of nitrogens with zero attached hydrogens (tertiary/aromatic N) is 2. The molecular weight excluding hydrogens is 276 g/mol. The van der Waals surface area contributed by atoms with Crippen molar-refractivity contribution in [2.45, 2.75) is 17.6 Å². The number of halogens is 2. The Morgan fingerprint density at radius 1 is 1.58 bits per heavy atom. The minimum absolute atomic E-state index is 0.0143. The van der Waals surface area contributed by atoms with Gasteiger partial charge in [-0.05, 0) is 6.42 Å². The summed E-state index contributed by atoms with van der Waals surface area (Å²) in [6.07, 6.45) is 0.596. The van der Waals surface area contributed by atoms with Gasteiger partial charge in [-0.15, -0.1) is 0 Å². The molecule has 8 heteroatoms. The third-order valence-corrected chi connectivity index (χ3v) is 4.12. The molecule has 2 rings (SSSR count). The van der Waals surface area contributed by atoms with Crippen LogP contribution in [0, 0.1) is 21.7 Å². The first-order valence-electron chi connectivity index (χ1n) is 5.46. The van der Waals surface area contributed by atoms with Gasteiger partial charge < -0.3 is 5.73 Å². The quantitative estimate of drug-likeness (QED) is 0.400. The highest BCUT2D eigenvalue weighted by Crippen LogP contribution is 2.50. The number of hydrogen-bond donors (Lipinski definition) is 1. The van der Waals surface area contributed by atoms with Gasteiger partial charge in [0.05, 0.1) is 11.0 Å². The van der Waals surface area contributed by atoms with E-state index in [1.165, 1.54) is 18.8 Å². The molecule has 0 saturated heterocycles. The molecule has 0 bridgehead atoms. The Labute approximate surface area is 112 Å². The van der Waals surface area contributed by atoms with Crippen LogP contribution in [0.1, 0.15) is 17.9 Å². The topological polar surface area (TPSA) is 81.5 Å². The lowest BCUT2D eigenvalue weighted by Crippen LogP contribution is -2.07.